The minimum atomic E-state index is -0.178. The van der Waals surface area contributed by atoms with Crippen LogP contribution in [0.1, 0.15) is 11.3 Å². The average Bonchev–Trinajstić information content (AvgIpc) is 2.99. The SMILES string of the molecule is O=Nc1ccc2c(c1)C(=Cc1ccc[nH]1)C(=O)N2. The number of nitrogens with one attached hydrogen (secondary N) is 2. The second kappa shape index (κ2) is 3.96. The van der Waals surface area contributed by atoms with Gasteiger partial charge in [0.1, 0.15) is 5.69 Å². The van der Waals surface area contributed by atoms with E-state index in [-0.39, 0.29) is 5.91 Å². The lowest BCUT2D eigenvalue weighted by molar-refractivity contribution is -0.110. The smallest absolute Gasteiger partial charge is 0.256 e. The molecule has 3 rings (SSSR count). The first-order valence-electron chi connectivity index (χ1n) is 5.42. The van der Waals surface area contributed by atoms with Gasteiger partial charge in [0, 0.05) is 23.1 Å². The van der Waals surface area contributed by atoms with E-state index in [4.69, 9.17) is 0 Å². The number of nitroso groups, excluding NO2 is 1. The fourth-order valence-corrected chi connectivity index (χ4v) is 1.97. The van der Waals surface area contributed by atoms with Gasteiger partial charge in [-0.1, -0.05) is 0 Å². The minimum absolute atomic E-state index is 0.178. The maximum absolute atomic E-state index is 11.9. The molecule has 1 amide bonds. The largest absolute Gasteiger partial charge is 0.362 e. The number of carbonyl (C=O) groups is 1. The molecule has 1 aromatic heterocycles. The van der Waals surface area contributed by atoms with Crippen LogP contribution in [0.5, 0.6) is 0 Å². The number of hydrogen-bond donors (Lipinski definition) is 2. The summed E-state index contributed by atoms with van der Waals surface area (Å²) in [5.74, 6) is -0.178. The number of aromatic amines is 1. The molecule has 1 aliphatic rings. The van der Waals surface area contributed by atoms with Crippen molar-refractivity contribution in [2.24, 2.45) is 5.18 Å². The second-order valence-corrected chi connectivity index (χ2v) is 3.96. The molecule has 0 bridgehead atoms. The third kappa shape index (κ3) is 1.62. The zero-order valence-electron chi connectivity index (χ0n) is 9.31. The lowest BCUT2D eigenvalue weighted by Gasteiger charge is -1.98. The van der Waals surface area contributed by atoms with Crippen LogP contribution in [0, 0.1) is 4.91 Å². The number of H-pyrrole nitrogens is 1. The molecule has 0 saturated carbocycles. The Labute approximate surface area is 103 Å². The molecule has 5 nitrogen and oxygen atoms in total. The number of carbonyl (C=O) groups excluding carboxylic acids is 1. The highest BCUT2D eigenvalue weighted by Crippen LogP contribution is 2.35. The Morgan fingerprint density at radius 2 is 2.11 bits per heavy atom. The maximum atomic E-state index is 11.9. The number of nitrogens with zero attached hydrogens (tertiary/aromatic N) is 1. The number of anilines is 1. The summed E-state index contributed by atoms with van der Waals surface area (Å²) in [6, 6.07) is 8.57. The van der Waals surface area contributed by atoms with E-state index in [0.29, 0.717) is 22.5 Å². The van der Waals surface area contributed by atoms with Crippen molar-refractivity contribution in [1.82, 2.24) is 4.98 Å². The molecule has 0 fully saturated rings. The van der Waals surface area contributed by atoms with E-state index in [9.17, 15) is 9.70 Å². The monoisotopic (exact) mass is 239 g/mol. The van der Waals surface area contributed by atoms with E-state index in [1.807, 2.05) is 12.1 Å². The van der Waals surface area contributed by atoms with Gasteiger partial charge in [0.15, 0.2) is 0 Å². The maximum Gasteiger partial charge on any atom is 0.256 e. The number of rotatable bonds is 2. The zero-order valence-corrected chi connectivity index (χ0v) is 9.31. The van der Waals surface area contributed by atoms with Crippen molar-refractivity contribution in [1.29, 1.82) is 0 Å². The van der Waals surface area contributed by atoms with E-state index in [0.717, 1.165) is 5.69 Å². The van der Waals surface area contributed by atoms with Crippen LogP contribution in [-0.4, -0.2) is 10.9 Å². The van der Waals surface area contributed by atoms with Gasteiger partial charge in [-0.25, -0.2) is 0 Å². The van der Waals surface area contributed by atoms with Crippen LogP contribution in [0.2, 0.25) is 0 Å². The van der Waals surface area contributed by atoms with Crippen molar-refractivity contribution in [3.8, 4) is 0 Å². The van der Waals surface area contributed by atoms with Crippen LogP contribution in [0.25, 0.3) is 11.6 Å². The third-order valence-electron chi connectivity index (χ3n) is 2.81. The summed E-state index contributed by atoms with van der Waals surface area (Å²) in [6.07, 6.45) is 3.53. The Morgan fingerprint density at radius 1 is 1.22 bits per heavy atom. The Bertz CT molecular complexity index is 657. The van der Waals surface area contributed by atoms with Gasteiger partial charge >= 0.3 is 0 Å². The van der Waals surface area contributed by atoms with Crippen LogP contribution in [0.15, 0.2) is 41.7 Å². The molecule has 2 heterocycles. The molecule has 2 aromatic rings. The summed E-state index contributed by atoms with van der Waals surface area (Å²) in [5, 5.41) is 5.63. The van der Waals surface area contributed by atoms with Gasteiger partial charge in [0.25, 0.3) is 5.91 Å². The van der Waals surface area contributed by atoms with E-state index in [1.165, 1.54) is 0 Å². The van der Waals surface area contributed by atoms with Crippen LogP contribution in [-0.2, 0) is 4.79 Å². The summed E-state index contributed by atoms with van der Waals surface area (Å²) in [6.45, 7) is 0. The molecule has 2 N–H and O–H groups in total. The molecule has 0 saturated heterocycles. The minimum Gasteiger partial charge on any atom is -0.362 e. The molecule has 0 unspecified atom stereocenters. The van der Waals surface area contributed by atoms with E-state index < -0.39 is 0 Å². The number of benzene rings is 1. The first kappa shape index (κ1) is 10.5. The molecular formula is C13H9N3O2. The van der Waals surface area contributed by atoms with Crippen LogP contribution >= 0.6 is 0 Å². The zero-order chi connectivity index (χ0) is 12.5. The third-order valence-corrected chi connectivity index (χ3v) is 2.81. The standard InChI is InChI=1S/C13H9N3O2/c17-13-11(6-8-2-1-5-14-8)10-7-9(16-18)3-4-12(10)15-13/h1-7,14H,(H,15,17). The quantitative estimate of drug-likeness (QED) is 0.624. The molecule has 0 atom stereocenters. The Morgan fingerprint density at radius 3 is 2.83 bits per heavy atom. The van der Waals surface area contributed by atoms with Gasteiger partial charge < -0.3 is 10.3 Å². The molecule has 0 aliphatic carbocycles. The Kier molecular flexibility index (Phi) is 2.30. The lowest BCUT2D eigenvalue weighted by atomic mass is 10.1. The first-order chi connectivity index (χ1) is 8.78. The summed E-state index contributed by atoms with van der Waals surface area (Å²) < 4.78 is 0. The lowest BCUT2D eigenvalue weighted by Crippen LogP contribution is -2.03. The van der Waals surface area contributed by atoms with Gasteiger partial charge in [0.2, 0.25) is 0 Å². The molecule has 18 heavy (non-hydrogen) atoms. The molecule has 88 valence electrons. The summed E-state index contributed by atoms with van der Waals surface area (Å²) in [7, 11) is 0. The van der Waals surface area contributed by atoms with Crippen LogP contribution in [0.4, 0.5) is 11.4 Å². The fraction of sp³-hybridized carbons (Fsp3) is 0. The van der Waals surface area contributed by atoms with Crippen LogP contribution in [0.3, 0.4) is 0 Å². The van der Waals surface area contributed by atoms with E-state index in [1.54, 1.807) is 30.5 Å². The highest BCUT2D eigenvalue weighted by atomic mass is 16.3. The molecular weight excluding hydrogens is 230 g/mol. The number of amides is 1. The summed E-state index contributed by atoms with van der Waals surface area (Å²) >= 11 is 0. The van der Waals surface area contributed by atoms with Crippen molar-refractivity contribution in [3.05, 3.63) is 52.7 Å². The molecule has 1 aromatic carbocycles. The topological polar surface area (TPSA) is 74.3 Å². The first-order valence-corrected chi connectivity index (χ1v) is 5.42. The van der Waals surface area contributed by atoms with Crippen LogP contribution < -0.4 is 5.32 Å². The highest BCUT2D eigenvalue weighted by Gasteiger charge is 2.24. The van der Waals surface area contributed by atoms with Crippen molar-refractivity contribution in [2.45, 2.75) is 0 Å². The summed E-state index contributed by atoms with van der Waals surface area (Å²) in [4.78, 5) is 25.4. The highest BCUT2D eigenvalue weighted by molar-refractivity contribution is 6.35. The molecule has 0 radical (unpaired) electrons. The molecule has 0 spiro atoms. The molecule has 5 heteroatoms. The van der Waals surface area contributed by atoms with Gasteiger partial charge in [-0.15, -0.1) is 4.91 Å². The number of fused-ring (bicyclic) bond motifs is 1. The van der Waals surface area contributed by atoms with Crippen molar-refractivity contribution < 1.29 is 4.79 Å². The number of aromatic nitrogens is 1. The van der Waals surface area contributed by atoms with Gasteiger partial charge in [0.05, 0.1) is 5.57 Å². The number of hydrogen-bond acceptors (Lipinski definition) is 3. The Balaban J connectivity index is 2.13. The van der Waals surface area contributed by atoms with Gasteiger partial charge in [-0.2, -0.15) is 0 Å². The van der Waals surface area contributed by atoms with Crippen molar-refractivity contribution >= 4 is 28.9 Å². The van der Waals surface area contributed by atoms with E-state index in [2.05, 4.69) is 15.5 Å². The molecule has 1 aliphatic heterocycles. The van der Waals surface area contributed by atoms with Gasteiger partial charge in [-0.05, 0) is 41.6 Å². The van der Waals surface area contributed by atoms with Crippen molar-refractivity contribution in [2.75, 3.05) is 5.32 Å². The van der Waals surface area contributed by atoms with Crippen molar-refractivity contribution in [3.63, 3.8) is 0 Å². The Hall–Kier alpha value is -2.69. The fourth-order valence-electron chi connectivity index (χ4n) is 1.97. The summed E-state index contributed by atoms with van der Waals surface area (Å²) in [5.41, 5.74) is 3.06. The van der Waals surface area contributed by atoms with E-state index >= 15 is 0 Å². The normalized spacial score (nSPS) is 15.6. The second-order valence-electron chi connectivity index (χ2n) is 3.96. The predicted octanol–water partition coefficient (Wildman–Crippen LogP) is 2.91. The van der Waals surface area contributed by atoms with Gasteiger partial charge in [-0.3, -0.25) is 4.79 Å². The average molecular weight is 239 g/mol. The predicted molar refractivity (Wildman–Crippen MR) is 69.2 cm³/mol.